The third-order valence-electron chi connectivity index (χ3n) is 13.5. The minimum absolute atomic E-state index is 0.153. The van der Waals surface area contributed by atoms with Crippen molar-refractivity contribution < 1.29 is 0 Å². The Kier molecular flexibility index (Phi) is 18.1. The van der Waals surface area contributed by atoms with E-state index in [1.54, 1.807) is 0 Å². The normalized spacial score (nSPS) is 11.5. The minimum atomic E-state index is 0.153. The fourth-order valence-electron chi connectivity index (χ4n) is 9.03. The molecule has 0 aliphatic heterocycles. The van der Waals surface area contributed by atoms with Crippen LogP contribution >= 0.6 is 39.1 Å². The number of nitrogens with zero attached hydrogens (tertiary/aromatic N) is 2. The van der Waals surface area contributed by atoms with Crippen LogP contribution in [0.1, 0.15) is 101 Å². The van der Waals surface area contributed by atoms with E-state index in [2.05, 4.69) is 273 Å². The van der Waals surface area contributed by atoms with Crippen molar-refractivity contribution in [3.63, 3.8) is 0 Å². The lowest BCUT2D eigenvalue weighted by atomic mass is 9.86. The average molecular weight is 1090 g/mol. The van der Waals surface area contributed by atoms with Gasteiger partial charge in [0.05, 0.1) is 0 Å². The number of halogens is 3. The van der Waals surface area contributed by atoms with Gasteiger partial charge in [0.25, 0.3) is 0 Å². The lowest BCUT2D eigenvalue weighted by Crippen LogP contribution is -2.11. The Morgan fingerprint density at radius 3 is 0.800 bits per heavy atom. The highest BCUT2D eigenvalue weighted by Gasteiger charge is 2.19. The van der Waals surface area contributed by atoms with Gasteiger partial charge in [0.1, 0.15) is 0 Å². The van der Waals surface area contributed by atoms with E-state index in [1.165, 1.54) is 66.9 Å². The summed E-state index contributed by atoms with van der Waals surface area (Å²) in [5.41, 5.74) is 21.3. The van der Waals surface area contributed by atoms with Gasteiger partial charge in [-0.15, -0.1) is 0 Å². The monoisotopic (exact) mass is 1090 g/mol. The molecule has 0 radical (unpaired) electrons. The quantitative estimate of drug-likeness (QED) is 0.150. The van der Waals surface area contributed by atoms with E-state index in [0.29, 0.717) is 0 Å². The van der Waals surface area contributed by atoms with Crippen LogP contribution in [0, 0.1) is 27.7 Å². The first-order valence-electron chi connectivity index (χ1n) is 25.9. The van der Waals surface area contributed by atoms with E-state index in [-0.39, 0.29) is 16.2 Å². The van der Waals surface area contributed by atoms with Crippen molar-refractivity contribution in [2.45, 2.75) is 106 Å². The third-order valence-corrected chi connectivity index (χ3v) is 14.5. The van der Waals surface area contributed by atoms with Crippen molar-refractivity contribution >= 4 is 73.3 Å². The second-order valence-corrected chi connectivity index (χ2v) is 24.5. The van der Waals surface area contributed by atoms with Gasteiger partial charge in [-0.2, -0.15) is 0 Å². The topological polar surface area (TPSA) is 6.48 Å². The zero-order valence-corrected chi connectivity index (χ0v) is 49.3. The molecule has 75 heavy (non-hydrogen) atoms. The van der Waals surface area contributed by atoms with E-state index >= 15 is 0 Å². The molecule has 0 aliphatic carbocycles. The fourth-order valence-corrected chi connectivity index (χ4v) is 9.54. The zero-order valence-electron chi connectivity index (χ0n) is 46.2. The summed E-state index contributed by atoms with van der Waals surface area (Å²) in [6, 6.07) is 73.3. The molecule has 9 rings (SSSR count). The lowest BCUT2D eigenvalue weighted by molar-refractivity contribution is 0.590. The van der Waals surface area contributed by atoms with Crippen LogP contribution in [0.4, 0.5) is 34.1 Å². The van der Waals surface area contributed by atoms with E-state index in [9.17, 15) is 0 Å². The van der Waals surface area contributed by atoms with Gasteiger partial charge in [-0.3, -0.25) is 0 Å². The molecule has 0 amide bonds. The Morgan fingerprint density at radius 2 is 0.547 bits per heavy atom. The highest BCUT2D eigenvalue weighted by Crippen LogP contribution is 2.40. The van der Waals surface area contributed by atoms with Crippen molar-refractivity contribution in [1.29, 1.82) is 0 Å². The number of aryl methyl sites for hydroxylation is 4. The Labute approximate surface area is 468 Å². The molecule has 384 valence electrons. The van der Waals surface area contributed by atoms with Crippen LogP contribution < -0.4 is 9.80 Å². The van der Waals surface area contributed by atoms with Crippen LogP contribution in [0.3, 0.4) is 0 Å². The van der Waals surface area contributed by atoms with Crippen LogP contribution in [0.2, 0.25) is 10.0 Å². The van der Waals surface area contributed by atoms with Gasteiger partial charge in [0.15, 0.2) is 0 Å². The Morgan fingerprint density at radius 1 is 0.307 bits per heavy atom. The predicted molar refractivity (Wildman–Crippen MR) is 332 cm³/mol. The number of rotatable bonds is 8. The van der Waals surface area contributed by atoms with Gasteiger partial charge in [-0.1, -0.05) is 222 Å². The third kappa shape index (κ3) is 14.9. The summed E-state index contributed by atoms with van der Waals surface area (Å²) in [5, 5.41) is 1.45. The van der Waals surface area contributed by atoms with E-state index in [0.717, 1.165) is 43.0 Å². The number of hydrogen-bond donors (Lipinski definition) is 0. The Bertz CT molecular complexity index is 3120. The molecule has 0 aromatic heterocycles. The molecule has 0 unspecified atom stereocenters. The maximum atomic E-state index is 6.05. The fraction of sp³-hybridized carbons (Fsp3) is 0.229. The second kappa shape index (κ2) is 24.1. The molecular formula is C70H73BrCl2N2. The lowest BCUT2D eigenvalue weighted by Gasteiger charge is -2.28. The van der Waals surface area contributed by atoms with Crippen LogP contribution in [0.25, 0.3) is 22.3 Å². The summed E-state index contributed by atoms with van der Waals surface area (Å²) >= 11 is 15.5. The van der Waals surface area contributed by atoms with Crippen molar-refractivity contribution in [2.75, 3.05) is 9.80 Å². The molecule has 9 aromatic carbocycles. The molecule has 0 bridgehead atoms. The smallest absolute Gasteiger partial charge is 0.0490 e. The highest BCUT2D eigenvalue weighted by molar-refractivity contribution is 9.10. The number of anilines is 6. The van der Waals surface area contributed by atoms with Crippen LogP contribution in [-0.4, -0.2) is 0 Å². The summed E-state index contributed by atoms with van der Waals surface area (Å²) in [5.74, 6) is 0. The van der Waals surface area contributed by atoms with Gasteiger partial charge in [0.2, 0.25) is 0 Å². The summed E-state index contributed by atoms with van der Waals surface area (Å²) in [6.45, 7) is 28.8. The summed E-state index contributed by atoms with van der Waals surface area (Å²) in [4.78, 5) is 4.58. The van der Waals surface area contributed by atoms with Crippen molar-refractivity contribution in [3.8, 4) is 22.3 Å². The zero-order chi connectivity index (χ0) is 54.2. The molecule has 0 atom stereocenters. The molecule has 0 saturated carbocycles. The molecule has 0 aliphatic rings. The molecule has 0 spiro atoms. The molecule has 0 heterocycles. The molecule has 0 fully saturated rings. The maximum Gasteiger partial charge on any atom is 0.0490 e. The summed E-state index contributed by atoms with van der Waals surface area (Å²) < 4.78 is 1.14. The first kappa shape index (κ1) is 56.4. The molecular weight excluding hydrogens is 1020 g/mol. The van der Waals surface area contributed by atoms with Crippen molar-refractivity contribution in [2.24, 2.45) is 0 Å². The first-order valence-corrected chi connectivity index (χ1v) is 27.4. The maximum absolute atomic E-state index is 6.05. The van der Waals surface area contributed by atoms with E-state index < -0.39 is 0 Å². The molecule has 5 heteroatoms. The largest absolute Gasteiger partial charge is 0.310 e. The van der Waals surface area contributed by atoms with Crippen molar-refractivity contribution in [3.05, 3.63) is 260 Å². The van der Waals surface area contributed by atoms with Crippen LogP contribution in [0.15, 0.2) is 211 Å². The molecule has 0 N–H and O–H groups in total. The van der Waals surface area contributed by atoms with Crippen LogP contribution in [-0.2, 0) is 16.2 Å². The number of hydrogen-bond acceptors (Lipinski definition) is 2. The van der Waals surface area contributed by atoms with E-state index in [4.69, 9.17) is 23.2 Å². The van der Waals surface area contributed by atoms with Crippen LogP contribution in [0.5, 0.6) is 0 Å². The minimum Gasteiger partial charge on any atom is -0.310 e. The molecule has 2 nitrogen and oxygen atoms in total. The molecule has 0 saturated heterocycles. The Balaban J connectivity index is 0.000000200. The number of benzene rings is 9. The molecule has 9 aromatic rings. The van der Waals surface area contributed by atoms with Gasteiger partial charge in [0, 0.05) is 48.6 Å². The van der Waals surface area contributed by atoms with Gasteiger partial charge in [-0.05, 0) is 191 Å². The van der Waals surface area contributed by atoms with Gasteiger partial charge < -0.3 is 9.80 Å². The first-order chi connectivity index (χ1) is 35.4. The second-order valence-electron chi connectivity index (χ2n) is 22.7. The standard InChI is InChI=1S/C40H43N.C20H17Cl2N.C10H13Br/c1-28-9-26-38(29(2)27-28)41(36-22-14-32(15-23-36)30-10-18-34(19-11-30)39(3,4)5)37-24-16-33(17-25-37)31-12-20-35(21-13-31)40(6,7)8;1-14-3-12-20(15(2)13-14)23(18-8-4-16(21)5-9-18)19-10-6-17(22)7-11-19;1-10(2,3)8-4-6-9(11)7-5-8/h9-27H,1-8H3;3-13H,1-2H3;4-7H,1-3H3. The van der Waals surface area contributed by atoms with Crippen molar-refractivity contribution in [1.82, 2.24) is 0 Å². The van der Waals surface area contributed by atoms with E-state index in [1.807, 2.05) is 48.5 Å². The Hall–Kier alpha value is -6.36. The summed E-state index contributed by atoms with van der Waals surface area (Å²) in [6.07, 6.45) is 0. The SMILES string of the molecule is CC(C)(C)c1ccc(Br)cc1.Cc1ccc(N(c2ccc(-c3ccc(C(C)(C)C)cc3)cc2)c2ccc(-c3ccc(C(C)(C)C)cc3)cc2)c(C)c1.Cc1ccc(N(c2ccc(Cl)cc2)c2ccc(Cl)cc2)c(C)c1. The highest BCUT2D eigenvalue weighted by atomic mass is 79.9. The summed E-state index contributed by atoms with van der Waals surface area (Å²) in [7, 11) is 0. The predicted octanol–water partition coefficient (Wildman–Crippen LogP) is 22.5. The average Bonchev–Trinajstić information content (AvgIpc) is 3.37. The van der Waals surface area contributed by atoms with Gasteiger partial charge >= 0.3 is 0 Å². The van der Waals surface area contributed by atoms with Gasteiger partial charge in [-0.25, -0.2) is 0 Å².